The molecular formula is C18H17FN6. The Kier molecular flexibility index (Phi) is 4.04. The van der Waals surface area contributed by atoms with Gasteiger partial charge >= 0.3 is 0 Å². The van der Waals surface area contributed by atoms with Gasteiger partial charge in [0, 0.05) is 37.3 Å². The molecule has 1 N–H and O–H groups in total. The van der Waals surface area contributed by atoms with Gasteiger partial charge in [-0.1, -0.05) is 12.1 Å². The van der Waals surface area contributed by atoms with Crippen molar-refractivity contribution in [2.75, 3.05) is 6.54 Å². The molecule has 0 radical (unpaired) electrons. The van der Waals surface area contributed by atoms with E-state index in [1.807, 2.05) is 16.8 Å². The zero-order valence-electron chi connectivity index (χ0n) is 13.6. The molecule has 0 amide bonds. The third kappa shape index (κ3) is 3.16. The van der Waals surface area contributed by atoms with Crippen molar-refractivity contribution in [3.8, 4) is 17.3 Å². The van der Waals surface area contributed by atoms with Crippen molar-refractivity contribution in [2.24, 2.45) is 0 Å². The minimum Gasteiger partial charge on any atom is -0.293 e. The predicted octanol–water partition coefficient (Wildman–Crippen LogP) is 2.69. The lowest BCUT2D eigenvalue weighted by atomic mass is 10.1. The van der Waals surface area contributed by atoms with E-state index in [1.54, 1.807) is 12.3 Å². The Hall–Kier alpha value is -2.98. The van der Waals surface area contributed by atoms with Crippen molar-refractivity contribution < 1.29 is 4.39 Å². The smallest absolute Gasteiger partial charge is 0.162 e. The Balaban J connectivity index is 1.57. The van der Waals surface area contributed by atoms with Crippen LogP contribution in [0.4, 0.5) is 4.39 Å². The monoisotopic (exact) mass is 336 g/mol. The maximum absolute atomic E-state index is 13.5. The van der Waals surface area contributed by atoms with Gasteiger partial charge in [0.25, 0.3) is 0 Å². The van der Waals surface area contributed by atoms with E-state index < -0.39 is 0 Å². The minimum absolute atomic E-state index is 0.263. The molecular weight excluding hydrogens is 319 g/mol. The Morgan fingerprint density at radius 1 is 1.28 bits per heavy atom. The second-order valence-electron chi connectivity index (χ2n) is 6.20. The van der Waals surface area contributed by atoms with Crippen LogP contribution in [0.25, 0.3) is 11.3 Å². The zero-order valence-corrected chi connectivity index (χ0v) is 13.6. The van der Waals surface area contributed by atoms with Gasteiger partial charge < -0.3 is 0 Å². The molecule has 2 aromatic heterocycles. The van der Waals surface area contributed by atoms with E-state index in [0.29, 0.717) is 12.2 Å². The molecule has 3 heterocycles. The third-order valence-corrected chi connectivity index (χ3v) is 4.43. The van der Waals surface area contributed by atoms with Crippen molar-refractivity contribution in [3.05, 3.63) is 59.3 Å². The molecule has 7 heteroatoms. The summed E-state index contributed by atoms with van der Waals surface area (Å²) in [6.07, 6.45) is 2.76. The second-order valence-corrected chi connectivity index (χ2v) is 6.20. The molecule has 25 heavy (non-hydrogen) atoms. The van der Waals surface area contributed by atoms with Crippen molar-refractivity contribution in [3.63, 3.8) is 0 Å². The second kappa shape index (κ2) is 6.49. The van der Waals surface area contributed by atoms with E-state index in [-0.39, 0.29) is 5.82 Å². The van der Waals surface area contributed by atoms with Crippen molar-refractivity contribution >= 4 is 0 Å². The number of hydrogen-bond acceptors (Lipinski definition) is 4. The Bertz CT molecular complexity index is 935. The Morgan fingerprint density at radius 2 is 2.20 bits per heavy atom. The van der Waals surface area contributed by atoms with E-state index in [2.05, 4.69) is 26.3 Å². The largest absolute Gasteiger partial charge is 0.293 e. The molecule has 1 aliphatic rings. The highest BCUT2D eigenvalue weighted by Crippen LogP contribution is 2.24. The molecule has 126 valence electrons. The average molecular weight is 336 g/mol. The molecule has 0 spiro atoms. The summed E-state index contributed by atoms with van der Waals surface area (Å²) < 4.78 is 15.4. The van der Waals surface area contributed by atoms with Gasteiger partial charge in [-0.25, -0.2) is 4.39 Å². The van der Waals surface area contributed by atoms with Crippen molar-refractivity contribution in [1.29, 1.82) is 5.26 Å². The van der Waals surface area contributed by atoms with E-state index in [9.17, 15) is 4.39 Å². The molecule has 0 aliphatic carbocycles. The van der Waals surface area contributed by atoms with Crippen molar-refractivity contribution in [2.45, 2.75) is 26.1 Å². The highest BCUT2D eigenvalue weighted by Gasteiger charge is 2.19. The molecule has 0 unspecified atom stereocenters. The molecule has 3 aromatic rings. The van der Waals surface area contributed by atoms with E-state index in [4.69, 9.17) is 5.26 Å². The highest BCUT2D eigenvalue weighted by molar-refractivity contribution is 5.62. The third-order valence-electron chi connectivity index (χ3n) is 4.43. The average Bonchev–Trinajstić information content (AvgIpc) is 3.18. The SMILES string of the molecule is N#Cc1cc2n(n1)CCCN(Cc1cn[nH]c1-c1cccc(F)c1)C2. The van der Waals surface area contributed by atoms with Crippen LogP contribution in [-0.2, 0) is 19.6 Å². The van der Waals surface area contributed by atoms with E-state index in [0.717, 1.165) is 48.6 Å². The van der Waals surface area contributed by atoms with E-state index in [1.165, 1.54) is 12.1 Å². The van der Waals surface area contributed by atoms with Crippen LogP contribution in [0.15, 0.2) is 36.5 Å². The first-order valence-electron chi connectivity index (χ1n) is 8.20. The molecule has 4 rings (SSSR count). The first-order chi connectivity index (χ1) is 12.2. The highest BCUT2D eigenvalue weighted by atomic mass is 19.1. The molecule has 1 aliphatic heterocycles. The van der Waals surface area contributed by atoms with Gasteiger partial charge in [-0.05, 0) is 24.6 Å². The summed E-state index contributed by atoms with van der Waals surface area (Å²) in [6.45, 7) is 3.17. The summed E-state index contributed by atoms with van der Waals surface area (Å²) in [5.41, 5.74) is 4.17. The number of nitrogens with one attached hydrogen (secondary N) is 1. The molecule has 0 bridgehead atoms. The number of nitrogens with zero attached hydrogens (tertiary/aromatic N) is 5. The number of aromatic nitrogens is 4. The topological polar surface area (TPSA) is 73.5 Å². The first kappa shape index (κ1) is 15.5. The number of H-pyrrole nitrogens is 1. The summed E-state index contributed by atoms with van der Waals surface area (Å²) >= 11 is 0. The quantitative estimate of drug-likeness (QED) is 0.798. The zero-order chi connectivity index (χ0) is 17.2. The lowest BCUT2D eigenvalue weighted by molar-refractivity contribution is 0.261. The first-order valence-corrected chi connectivity index (χ1v) is 8.20. The van der Waals surface area contributed by atoms with Crippen LogP contribution in [-0.4, -0.2) is 31.4 Å². The Labute approximate surface area is 144 Å². The minimum atomic E-state index is -0.263. The Morgan fingerprint density at radius 3 is 3.04 bits per heavy atom. The lowest BCUT2D eigenvalue weighted by Crippen LogP contribution is -2.22. The van der Waals surface area contributed by atoms with Gasteiger partial charge in [-0.2, -0.15) is 15.5 Å². The number of aromatic amines is 1. The molecule has 1 aromatic carbocycles. The summed E-state index contributed by atoms with van der Waals surface area (Å²) in [6, 6.07) is 10.5. The number of rotatable bonds is 3. The number of halogens is 1. The fourth-order valence-corrected chi connectivity index (χ4v) is 3.28. The molecule has 6 nitrogen and oxygen atoms in total. The molecule has 0 fully saturated rings. The number of nitriles is 1. The molecule has 0 saturated carbocycles. The number of aryl methyl sites for hydroxylation is 1. The predicted molar refractivity (Wildman–Crippen MR) is 89.7 cm³/mol. The van der Waals surface area contributed by atoms with Gasteiger partial charge in [0.05, 0.1) is 17.6 Å². The summed E-state index contributed by atoms with van der Waals surface area (Å²) in [7, 11) is 0. The molecule has 0 atom stereocenters. The van der Waals surface area contributed by atoms with Crippen LogP contribution >= 0.6 is 0 Å². The van der Waals surface area contributed by atoms with Crippen LogP contribution in [0.3, 0.4) is 0 Å². The van der Waals surface area contributed by atoms with E-state index >= 15 is 0 Å². The summed E-state index contributed by atoms with van der Waals surface area (Å²) in [4.78, 5) is 2.30. The van der Waals surface area contributed by atoms with Crippen LogP contribution in [0, 0.1) is 17.1 Å². The van der Waals surface area contributed by atoms with Gasteiger partial charge in [0.2, 0.25) is 0 Å². The van der Waals surface area contributed by atoms with Crippen LogP contribution in [0.5, 0.6) is 0 Å². The fourth-order valence-electron chi connectivity index (χ4n) is 3.28. The summed E-state index contributed by atoms with van der Waals surface area (Å²) in [5, 5.41) is 20.5. The maximum Gasteiger partial charge on any atom is 0.162 e. The fraction of sp³-hybridized carbons (Fsp3) is 0.278. The van der Waals surface area contributed by atoms with Crippen molar-refractivity contribution in [1.82, 2.24) is 24.9 Å². The standard InChI is InChI=1S/C18H17FN6/c19-15-4-1-3-13(7-15)18-14(10-21-22-18)11-24-5-2-6-25-17(12-24)8-16(9-20)23-25/h1,3-4,7-8,10H,2,5-6,11-12H2,(H,21,22). The summed E-state index contributed by atoms with van der Waals surface area (Å²) in [5.74, 6) is -0.263. The van der Waals surface area contributed by atoms with Gasteiger partial charge in [0.1, 0.15) is 11.9 Å². The van der Waals surface area contributed by atoms with Crippen LogP contribution in [0.1, 0.15) is 23.4 Å². The number of hydrogen-bond donors (Lipinski definition) is 1. The van der Waals surface area contributed by atoms with Gasteiger partial charge in [-0.3, -0.25) is 14.7 Å². The van der Waals surface area contributed by atoms with Gasteiger partial charge in [-0.15, -0.1) is 0 Å². The number of benzene rings is 1. The number of fused-ring (bicyclic) bond motifs is 1. The maximum atomic E-state index is 13.5. The lowest BCUT2D eigenvalue weighted by Gasteiger charge is -2.19. The normalized spacial score (nSPS) is 14.7. The molecule has 0 saturated heterocycles. The van der Waals surface area contributed by atoms with Gasteiger partial charge in [0.15, 0.2) is 5.69 Å². The van der Waals surface area contributed by atoms with Crippen LogP contribution < -0.4 is 0 Å². The van der Waals surface area contributed by atoms with Crippen LogP contribution in [0.2, 0.25) is 0 Å².